The molecule has 0 radical (unpaired) electrons. The second-order valence-electron chi connectivity index (χ2n) is 6.57. The molecule has 3 aromatic rings. The van der Waals surface area contributed by atoms with Gasteiger partial charge in [0.05, 0.1) is 5.69 Å². The Balaban J connectivity index is 1.31. The first-order valence-corrected chi connectivity index (χ1v) is 9.08. The lowest BCUT2D eigenvalue weighted by molar-refractivity contribution is 0.195. The minimum Gasteiger partial charge on any atom is -0.475 e. The molecule has 8 nitrogen and oxygen atoms in total. The van der Waals surface area contributed by atoms with Gasteiger partial charge < -0.3 is 9.64 Å². The average molecular weight is 366 g/mol. The van der Waals surface area contributed by atoms with Crippen molar-refractivity contribution in [3.63, 3.8) is 0 Å². The topological polar surface area (TPSA) is 75.9 Å². The summed E-state index contributed by atoms with van der Waals surface area (Å²) < 4.78 is 7.21. The summed E-state index contributed by atoms with van der Waals surface area (Å²) in [6.07, 6.45) is 1.74. The number of pyridine rings is 1. The van der Waals surface area contributed by atoms with E-state index in [1.54, 1.807) is 16.7 Å². The molecule has 0 amide bonds. The van der Waals surface area contributed by atoms with E-state index in [0.29, 0.717) is 18.1 Å². The van der Waals surface area contributed by atoms with Crippen LogP contribution in [0.4, 0.5) is 5.82 Å². The molecule has 0 atom stereocenters. The summed E-state index contributed by atoms with van der Waals surface area (Å²) in [5.41, 5.74) is 1.50. The largest absolute Gasteiger partial charge is 0.475 e. The molecule has 4 heterocycles. The summed E-state index contributed by atoms with van der Waals surface area (Å²) in [6.45, 7) is 6.77. The number of hydrogen-bond donors (Lipinski definition) is 0. The molecule has 27 heavy (non-hydrogen) atoms. The zero-order chi connectivity index (χ0) is 18.6. The lowest BCUT2D eigenvalue weighted by Crippen LogP contribution is -2.48. The summed E-state index contributed by atoms with van der Waals surface area (Å²) in [5.74, 6) is 1.30. The average Bonchev–Trinajstić information content (AvgIpc) is 2.70. The number of anilines is 1. The van der Waals surface area contributed by atoms with Crippen LogP contribution in [-0.2, 0) is 0 Å². The molecule has 1 saturated heterocycles. The molecule has 8 heteroatoms. The van der Waals surface area contributed by atoms with E-state index in [9.17, 15) is 4.79 Å². The third kappa shape index (κ3) is 4.06. The van der Waals surface area contributed by atoms with Crippen LogP contribution in [0.3, 0.4) is 0 Å². The summed E-state index contributed by atoms with van der Waals surface area (Å²) >= 11 is 0. The van der Waals surface area contributed by atoms with E-state index in [-0.39, 0.29) is 5.56 Å². The highest BCUT2D eigenvalue weighted by molar-refractivity contribution is 5.48. The van der Waals surface area contributed by atoms with Crippen LogP contribution in [0.25, 0.3) is 5.65 Å². The zero-order valence-corrected chi connectivity index (χ0v) is 15.3. The number of piperazine rings is 1. The van der Waals surface area contributed by atoms with Gasteiger partial charge in [0.1, 0.15) is 18.1 Å². The van der Waals surface area contributed by atoms with Crippen LogP contribution in [0.5, 0.6) is 5.88 Å². The van der Waals surface area contributed by atoms with E-state index >= 15 is 0 Å². The van der Waals surface area contributed by atoms with Gasteiger partial charge in [-0.2, -0.15) is 5.10 Å². The molecule has 0 aromatic carbocycles. The highest BCUT2D eigenvalue weighted by Crippen LogP contribution is 2.13. The SMILES string of the molecule is Cc1ccc(OCCN2CCN(c3cc(=O)n4ccccc4n3)CC2)nn1. The number of rotatable bonds is 5. The van der Waals surface area contributed by atoms with Crippen LogP contribution in [0.1, 0.15) is 5.69 Å². The first kappa shape index (κ1) is 17.4. The minimum atomic E-state index is -0.0503. The van der Waals surface area contributed by atoms with Crippen LogP contribution >= 0.6 is 0 Å². The monoisotopic (exact) mass is 366 g/mol. The second kappa shape index (κ2) is 7.71. The smallest absolute Gasteiger partial charge is 0.259 e. The molecule has 0 N–H and O–H groups in total. The molecule has 1 aliphatic rings. The van der Waals surface area contributed by atoms with Gasteiger partial charge in [0.2, 0.25) is 5.88 Å². The van der Waals surface area contributed by atoms with Gasteiger partial charge in [-0.1, -0.05) is 6.07 Å². The van der Waals surface area contributed by atoms with Crippen molar-refractivity contribution in [2.45, 2.75) is 6.92 Å². The van der Waals surface area contributed by atoms with Crippen LogP contribution in [0, 0.1) is 6.92 Å². The molecule has 0 aliphatic carbocycles. The molecule has 140 valence electrons. The van der Waals surface area contributed by atoms with E-state index in [1.165, 1.54) is 0 Å². The van der Waals surface area contributed by atoms with Crippen molar-refractivity contribution in [2.75, 3.05) is 44.2 Å². The van der Waals surface area contributed by atoms with Gasteiger partial charge in [0.15, 0.2) is 0 Å². The molecule has 0 spiro atoms. The third-order valence-corrected chi connectivity index (χ3v) is 4.68. The number of hydrogen-bond acceptors (Lipinski definition) is 7. The summed E-state index contributed by atoms with van der Waals surface area (Å²) in [4.78, 5) is 21.4. The van der Waals surface area contributed by atoms with Gasteiger partial charge in [0, 0.05) is 51.1 Å². The Labute approximate surface area is 157 Å². The molecular formula is C19H22N6O2. The Morgan fingerprint density at radius 3 is 2.70 bits per heavy atom. The van der Waals surface area contributed by atoms with Crippen LogP contribution in [0.2, 0.25) is 0 Å². The fraction of sp³-hybridized carbons (Fsp3) is 0.368. The summed E-state index contributed by atoms with van der Waals surface area (Å²) in [6, 6.07) is 10.9. The van der Waals surface area contributed by atoms with E-state index < -0.39 is 0 Å². The molecule has 0 unspecified atom stereocenters. The van der Waals surface area contributed by atoms with Crippen LogP contribution in [-0.4, -0.2) is 63.8 Å². The number of nitrogens with zero attached hydrogens (tertiary/aromatic N) is 6. The molecular weight excluding hydrogens is 344 g/mol. The molecule has 3 aromatic heterocycles. The fourth-order valence-corrected chi connectivity index (χ4v) is 3.15. The van der Waals surface area contributed by atoms with Gasteiger partial charge in [0.25, 0.3) is 5.56 Å². The number of aryl methyl sites for hydroxylation is 1. The van der Waals surface area contributed by atoms with Crippen molar-refractivity contribution in [3.05, 3.63) is 58.6 Å². The first-order valence-electron chi connectivity index (χ1n) is 9.08. The predicted octanol–water partition coefficient (Wildman–Crippen LogP) is 0.994. The maximum Gasteiger partial charge on any atom is 0.259 e. The molecule has 0 saturated carbocycles. The molecule has 1 aliphatic heterocycles. The number of aromatic nitrogens is 4. The van der Waals surface area contributed by atoms with Gasteiger partial charge in [-0.15, -0.1) is 5.10 Å². The van der Waals surface area contributed by atoms with E-state index in [4.69, 9.17) is 4.74 Å². The molecule has 0 bridgehead atoms. The Hall–Kier alpha value is -3.00. The number of fused-ring (bicyclic) bond motifs is 1. The fourth-order valence-electron chi connectivity index (χ4n) is 3.15. The van der Waals surface area contributed by atoms with E-state index in [2.05, 4.69) is 25.0 Å². The summed E-state index contributed by atoms with van der Waals surface area (Å²) in [5, 5.41) is 7.99. The third-order valence-electron chi connectivity index (χ3n) is 4.68. The molecule has 4 rings (SSSR count). The lowest BCUT2D eigenvalue weighted by Gasteiger charge is -2.35. The highest BCUT2D eigenvalue weighted by Gasteiger charge is 2.19. The van der Waals surface area contributed by atoms with Crippen molar-refractivity contribution in [1.29, 1.82) is 0 Å². The van der Waals surface area contributed by atoms with E-state index in [0.717, 1.165) is 44.2 Å². The zero-order valence-electron chi connectivity index (χ0n) is 15.3. The standard InChI is InChI=1S/C19H22N6O2/c1-15-5-6-18(22-21-15)27-13-12-23-8-10-24(11-9-23)17-14-19(26)25-7-3-2-4-16(25)20-17/h2-7,14H,8-13H2,1H3. The van der Waals surface area contributed by atoms with Crippen molar-refractivity contribution >= 4 is 11.5 Å². The van der Waals surface area contributed by atoms with Gasteiger partial charge in [-0.3, -0.25) is 14.1 Å². The quantitative estimate of drug-likeness (QED) is 0.667. The Kier molecular flexibility index (Phi) is 4.97. The van der Waals surface area contributed by atoms with E-state index in [1.807, 2.05) is 37.3 Å². The van der Waals surface area contributed by atoms with Gasteiger partial charge in [-0.05, 0) is 25.1 Å². The Morgan fingerprint density at radius 2 is 1.93 bits per heavy atom. The first-order chi connectivity index (χ1) is 13.2. The van der Waals surface area contributed by atoms with Crippen molar-refractivity contribution in [1.82, 2.24) is 24.5 Å². The lowest BCUT2D eigenvalue weighted by atomic mass is 10.3. The predicted molar refractivity (Wildman–Crippen MR) is 102 cm³/mol. The van der Waals surface area contributed by atoms with Crippen LogP contribution in [0.15, 0.2) is 47.4 Å². The maximum absolute atomic E-state index is 12.3. The van der Waals surface area contributed by atoms with Gasteiger partial charge >= 0.3 is 0 Å². The maximum atomic E-state index is 12.3. The Morgan fingerprint density at radius 1 is 1.07 bits per heavy atom. The van der Waals surface area contributed by atoms with Crippen molar-refractivity contribution in [2.24, 2.45) is 0 Å². The minimum absolute atomic E-state index is 0.0503. The Bertz CT molecular complexity index is 964. The molecule has 1 fully saturated rings. The number of ether oxygens (including phenoxy) is 1. The second-order valence-corrected chi connectivity index (χ2v) is 6.57. The summed E-state index contributed by atoms with van der Waals surface area (Å²) in [7, 11) is 0. The van der Waals surface area contributed by atoms with Crippen molar-refractivity contribution in [3.8, 4) is 5.88 Å². The van der Waals surface area contributed by atoms with Gasteiger partial charge in [-0.25, -0.2) is 4.98 Å². The highest BCUT2D eigenvalue weighted by atomic mass is 16.5. The normalized spacial score (nSPS) is 15.2. The van der Waals surface area contributed by atoms with Crippen LogP contribution < -0.4 is 15.2 Å². The van der Waals surface area contributed by atoms with Crippen molar-refractivity contribution < 1.29 is 4.74 Å².